The first-order valence-electron chi connectivity index (χ1n) is 3.18. The van der Waals surface area contributed by atoms with Gasteiger partial charge in [0, 0.05) is 0 Å². The number of nitrogens with zero attached hydrogens (tertiary/aromatic N) is 2. The van der Waals surface area contributed by atoms with Gasteiger partial charge >= 0.3 is 18.0 Å². The number of imidazole rings is 1. The summed E-state index contributed by atoms with van der Waals surface area (Å²) in [5.74, 6) is -2.34. The first-order chi connectivity index (χ1) is 5.09. The van der Waals surface area contributed by atoms with E-state index in [-0.39, 0.29) is 6.54 Å². The number of halogens is 3. The van der Waals surface area contributed by atoms with E-state index in [2.05, 4.69) is 0 Å². The van der Waals surface area contributed by atoms with E-state index in [4.69, 9.17) is 0 Å². The quantitative estimate of drug-likeness (QED) is 0.543. The summed E-state index contributed by atoms with van der Waals surface area (Å²) < 4.78 is 39.0. The molecule has 0 spiro atoms. The molecule has 62 valence electrons. The van der Waals surface area contributed by atoms with Crippen LogP contribution in [0.15, 0.2) is 0 Å². The molecule has 0 saturated carbocycles. The fourth-order valence-corrected chi connectivity index (χ4v) is 0.862. The van der Waals surface area contributed by atoms with Crippen molar-refractivity contribution in [1.29, 1.82) is 0 Å². The highest BCUT2D eigenvalue weighted by molar-refractivity contribution is 4.76. The van der Waals surface area contributed by atoms with Gasteiger partial charge in [0.2, 0.25) is 0 Å². The van der Waals surface area contributed by atoms with Crippen molar-refractivity contribution in [1.82, 2.24) is 4.57 Å². The van der Waals surface area contributed by atoms with Crippen molar-refractivity contribution in [3.63, 3.8) is 0 Å². The molecule has 0 unspecified atom stereocenters. The lowest BCUT2D eigenvalue weighted by molar-refractivity contribution is -0.727. The topological polar surface area (TPSA) is 8.81 Å². The molecule has 1 heterocycles. The van der Waals surface area contributed by atoms with Crippen LogP contribution in [0.1, 0.15) is 6.92 Å². The van der Waals surface area contributed by atoms with Crippen molar-refractivity contribution in [2.24, 2.45) is 7.05 Å². The first kappa shape index (κ1) is 8.10. The van der Waals surface area contributed by atoms with Crippen molar-refractivity contribution in [3.05, 3.63) is 18.0 Å². The zero-order valence-electron chi connectivity index (χ0n) is 6.24. The second kappa shape index (κ2) is 2.56. The Labute approximate surface area is 61.9 Å². The smallest absolute Gasteiger partial charge is 0.173 e. The van der Waals surface area contributed by atoms with Crippen LogP contribution < -0.4 is 4.57 Å². The minimum absolute atomic E-state index is 0.0788. The molecule has 0 aliphatic heterocycles. The molecule has 11 heavy (non-hydrogen) atoms. The number of rotatable bonds is 1. The van der Waals surface area contributed by atoms with Gasteiger partial charge in [-0.05, 0) is 6.92 Å². The largest absolute Gasteiger partial charge is 0.450 e. The number of aromatic nitrogens is 2. The van der Waals surface area contributed by atoms with Crippen LogP contribution in [0.2, 0.25) is 0 Å². The monoisotopic (exact) mass is 165 g/mol. The Morgan fingerprint density at radius 3 is 2.09 bits per heavy atom. The zero-order valence-corrected chi connectivity index (χ0v) is 6.24. The standard InChI is InChI=1S/C6H8F3N2/c1-3-11-5(8)4(7)10(2)6(11)9/h3H2,1-2H3/q+1. The Balaban J connectivity index is 3.36. The normalized spacial score (nSPS) is 10.6. The molecule has 0 radical (unpaired) electrons. The summed E-state index contributed by atoms with van der Waals surface area (Å²) in [6, 6.07) is 0. The SMILES string of the molecule is CCn1c(F)c(F)[n+](C)c1F. The van der Waals surface area contributed by atoms with Gasteiger partial charge in [0.05, 0.1) is 13.6 Å². The lowest BCUT2D eigenvalue weighted by Gasteiger charge is -1.86. The molecule has 0 saturated heterocycles. The summed E-state index contributed by atoms with van der Waals surface area (Å²) in [4.78, 5) is 0. The van der Waals surface area contributed by atoms with Crippen LogP contribution in [0.5, 0.6) is 0 Å². The Hall–Kier alpha value is -1.00. The molecule has 0 aliphatic carbocycles. The van der Waals surface area contributed by atoms with Crippen molar-refractivity contribution >= 4 is 0 Å². The van der Waals surface area contributed by atoms with E-state index >= 15 is 0 Å². The number of hydrogen-bond donors (Lipinski definition) is 0. The van der Waals surface area contributed by atoms with Crippen LogP contribution in [-0.2, 0) is 13.6 Å². The third kappa shape index (κ3) is 1.00. The molecule has 1 aromatic rings. The molecule has 0 atom stereocenters. The fraction of sp³-hybridized carbons (Fsp3) is 0.500. The van der Waals surface area contributed by atoms with Crippen LogP contribution in [0, 0.1) is 18.0 Å². The molecular formula is C6H8F3N2+. The Kier molecular flexibility index (Phi) is 1.89. The van der Waals surface area contributed by atoms with E-state index < -0.39 is 18.0 Å². The summed E-state index contributed by atoms with van der Waals surface area (Å²) in [6.07, 6.45) is -0.914. The summed E-state index contributed by atoms with van der Waals surface area (Å²) in [6.45, 7) is 1.61. The zero-order chi connectivity index (χ0) is 8.59. The summed E-state index contributed by atoms with van der Waals surface area (Å²) in [7, 11) is 1.12. The molecule has 5 heteroatoms. The van der Waals surface area contributed by atoms with E-state index in [1.165, 1.54) is 6.92 Å². The molecule has 0 amide bonds. The van der Waals surface area contributed by atoms with Crippen molar-refractivity contribution in [2.45, 2.75) is 13.5 Å². The minimum atomic E-state index is -1.18. The van der Waals surface area contributed by atoms with Crippen molar-refractivity contribution < 1.29 is 17.7 Å². The second-order valence-electron chi connectivity index (χ2n) is 2.15. The van der Waals surface area contributed by atoms with Gasteiger partial charge in [0.25, 0.3) is 0 Å². The highest BCUT2D eigenvalue weighted by Gasteiger charge is 2.28. The third-order valence-electron chi connectivity index (χ3n) is 1.52. The molecule has 0 aromatic carbocycles. The molecule has 0 aliphatic rings. The maximum absolute atomic E-state index is 12.7. The van der Waals surface area contributed by atoms with Gasteiger partial charge in [-0.2, -0.15) is 17.9 Å². The van der Waals surface area contributed by atoms with E-state index in [0.29, 0.717) is 9.13 Å². The van der Waals surface area contributed by atoms with Gasteiger partial charge in [0.15, 0.2) is 0 Å². The van der Waals surface area contributed by atoms with E-state index in [0.717, 1.165) is 7.05 Å². The van der Waals surface area contributed by atoms with Crippen LogP contribution in [0.4, 0.5) is 13.2 Å². The van der Waals surface area contributed by atoms with Gasteiger partial charge in [-0.15, -0.1) is 4.39 Å². The predicted octanol–water partition coefficient (Wildman–Crippen LogP) is 0.750. The Morgan fingerprint density at radius 1 is 1.36 bits per heavy atom. The van der Waals surface area contributed by atoms with Gasteiger partial charge in [-0.3, -0.25) is 0 Å². The highest BCUT2D eigenvalue weighted by Crippen LogP contribution is 2.04. The van der Waals surface area contributed by atoms with Crippen LogP contribution in [0.25, 0.3) is 0 Å². The number of hydrogen-bond acceptors (Lipinski definition) is 0. The van der Waals surface area contributed by atoms with Gasteiger partial charge < -0.3 is 0 Å². The highest BCUT2D eigenvalue weighted by atomic mass is 19.2. The second-order valence-corrected chi connectivity index (χ2v) is 2.15. The molecule has 0 N–H and O–H groups in total. The Bertz CT molecular complexity index is 254. The fourth-order valence-electron chi connectivity index (χ4n) is 0.862. The summed E-state index contributed by atoms with van der Waals surface area (Å²) in [5, 5.41) is 0. The van der Waals surface area contributed by atoms with Gasteiger partial charge in [-0.1, -0.05) is 0 Å². The lowest BCUT2D eigenvalue weighted by atomic mass is 10.7. The van der Waals surface area contributed by atoms with Crippen molar-refractivity contribution in [2.75, 3.05) is 0 Å². The maximum atomic E-state index is 12.7. The van der Waals surface area contributed by atoms with Crippen LogP contribution >= 0.6 is 0 Å². The van der Waals surface area contributed by atoms with Gasteiger partial charge in [0.1, 0.15) is 0 Å². The Morgan fingerprint density at radius 2 is 1.91 bits per heavy atom. The van der Waals surface area contributed by atoms with Gasteiger partial charge in [-0.25, -0.2) is 0 Å². The summed E-state index contributed by atoms with van der Waals surface area (Å²) in [5.41, 5.74) is 0. The first-order valence-corrected chi connectivity index (χ1v) is 3.18. The van der Waals surface area contributed by atoms with E-state index in [1.807, 2.05) is 0 Å². The van der Waals surface area contributed by atoms with Crippen molar-refractivity contribution in [3.8, 4) is 0 Å². The molecule has 2 nitrogen and oxygen atoms in total. The lowest BCUT2D eigenvalue weighted by Crippen LogP contribution is -2.35. The minimum Gasteiger partial charge on any atom is -0.173 e. The molecule has 0 bridgehead atoms. The predicted molar refractivity (Wildman–Crippen MR) is 31.2 cm³/mol. The average molecular weight is 165 g/mol. The van der Waals surface area contributed by atoms with E-state index in [9.17, 15) is 13.2 Å². The summed E-state index contributed by atoms with van der Waals surface area (Å²) >= 11 is 0. The maximum Gasteiger partial charge on any atom is 0.450 e. The third-order valence-corrected chi connectivity index (χ3v) is 1.52. The van der Waals surface area contributed by atoms with Crippen LogP contribution in [-0.4, -0.2) is 4.57 Å². The van der Waals surface area contributed by atoms with Crippen LogP contribution in [0.3, 0.4) is 0 Å². The average Bonchev–Trinajstić information content (AvgIpc) is 2.17. The molecular weight excluding hydrogens is 157 g/mol. The molecule has 0 fully saturated rings. The molecule has 1 aromatic heterocycles. The molecule has 1 rings (SSSR count). The van der Waals surface area contributed by atoms with E-state index in [1.54, 1.807) is 0 Å².